The smallest absolute Gasteiger partial charge is 0.243 e. The number of thiocarbonyl (C=S) groups is 1. The molecule has 0 saturated carbocycles. The highest BCUT2D eigenvalue weighted by Crippen LogP contribution is 2.17. The quantitative estimate of drug-likeness (QED) is 0.752. The highest BCUT2D eigenvalue weighted by molar-refractivity contribution is 8.21. The van der Waals surface area contributed by atoms with Crippen molar-refractivity contribution in [1.29, 1.82) is 0 Å². The predicted octanol–water partition coefficient (Wildman–Crippen LogP) is 2.25. The molecule has 0 N–H and O–H groups in total. The van der Waals surface area contributed by atoms with Crippen molar-refractivity contribution in [1.82, 2.24) is 14.4 Å². The number of fused-ring (bicyclic) bond motifs is 1. The van der Waals surface area contributed by atoms with Crippen molar-refractivity contribution in [2.75, 3.05) is 6.61 Å². The maximum Gasteiger partial charge on any atom is 0.243 e. The van der Waals surface area contributed by atoms with Crippen molar-refractivity contribution in [3.63, 3.8) is 0 Å². The van der Waals surface area contributed by atoms with Crippen LogP contribution in [0.15, 0.2) is 24.3 Å². The molecule has 0 aliphatic carbocycles. The molecule has 0 fully saturated rings. The molecule has 2 aromatic rings. The van der Waals surface area contributed by atoms with E-state index in [-0.39, 0.29) is 0 Å². The largest absolute Gasteiger partial charge is 0.478 e. The molecule has 0 spiro atoms. The zero-order chi connectivity index (χ0) is 10.7. The van der Waals surface area contributed by atoms with Crippen molar-refractivity contribution in [2.45, 2.75) is 6.92 Å². The maximum absolute atomic E-state index is 5.17. The topological polar surface area (TPSA) is 39.9 Å². The number of nitrogens with zero attached hydrogens (tertiary/aromatic N) is 3. The zero-order valence-corrected chi connectivity index (χ0v) is 9.72. The van der Waals surface area contributed by atoms with Crippen molar-refractivity contribution in [3.05, 3.63) is 24.3 Å². The monoisotopic (exact) mass is 239 g/mol. The lowest BCUT2D eigenvalue weighted by Gasteiger charge is -2.02. The summed E-state index contributed by atoms with van der Waals surface area (Å²) >= 11 is 6.27. The van der Waals surface area contributed by atoms with E-state index in [4.69, 9.17) is 17.0 Å². The molecule has 1 aromatic heterocycles. The molecule has 0 bridgehead atoms. The minimum atomic E-state index is 0.452. The van der Waals surface area contributed by atoms with Gasteiger partial charge in [-0.3, -0.25) is 0 Å². The Morgan fingerprint density at radius 3 is 3.13 bits per heavy atom. The summed E-state index contributed by atoms with van der Waals surface area (Å²) in [6, 6.07) is 7.71. The van der Waals surface area contributed by atoms with Crippen LogP contribution in [-0.4, -0.2) is 25.4 Å². The third-order valence-electron chi connectivity index (χ3n) is 1.74. The van der Waals surface area contributed by atoms with Crippen LogP contribution in [0.5, 0.6) is 0 Å². The first-order valence-electron chi connectivity index (χ1n) is 4.47. The predicted molar refractivity (Wildman–Crippen MR) is 64.7 cm³/mol. The SMILES string of the molecule is CCOC(=S)Sn1nnc2ccccc21. The Morgan fingerprint density at radius 2 is 2.33 bits per heavy atom. The second-order valence-electron chi connectivity index (χ2n) is 2.73. The van der Waals surface area contributed by atoms with Gasteiger partial charge in [0.2, 0.25) is 4.38 Å². The van der Waals surface area contributed by atoms with E-state index in [2.05, 4.69) is 10.3 Å². The first-order chi connectivity index (χ1) is 7.31. The fourth-order valence-corrected chi connectivity index (χ4v) is 2.10. The molecule has 4 nitrogen and oxygen atoms in total. The van der Waals surface area contributed by atoms with Crippen LogP contribution in [-0.2, 0) is 4.74 Å². The van der Waals surface area contributed by atoms with Crippen LogP contribution < -0.4 is 0 Å². The van der Waals surface area contributed by atoms with E-state index < -0.39 is 0 Å². The summed E-state index contributed by atoms with van der Waals surface area (Å²) in [6.07, 6.45) is 0. The van der Waals surface area contributed by atoms with Crippen LogP contribution in [0.3, 0.4) is 0 Å². The number of rotatable bonds is 2. The molecule has 1 aromatic carbocycles. The summed E-state index contributed by atoms with van der Waals surface area (Å²) in [5, 5.41) is 7.99. The van der Waals surface area contributed by atoms with Crippen LogP contribution in [0.25, 0.3) is 11.0 Å². The van der Waals surface area contributed by atoms with Gasteiger partial charge in [-0.1, -0.05) is 17.3 Å². The van der Waals surface area contributed by atoms with Crippen LogP contribution in [0.4, 0.5) is 0 Å². The van der Waals surface area contributed by atoms with E-state index in [9.17, 15) is 0 Å². The molecular weight excluding hydrogens is 230 g/mol. The van der Waals surface area contributed by atoms with Crippen molar-refractivity contribution >= 4 is 39.6 Å². The Bertz CT molecular complexity index is 483. The molecule has 0 aliphatic heterocycles. The minimum Gasteiger partial charge on any atom is -0.478 e. The molecule has 0 saturated heterocycles. The first kappa shape index (κ1) is 10.4. The number of para-hydroxylation sites is 1. The Balaban J connectivity index is 2.25. The number of benzene rings is 1. The van der Waals surface area contributed by atoms with E-state index in [1.54, 1.807) is 4.09 Å². The van der Waals surface area contributed by atoms with Gasteiger partial charge in [-0.25, -0.2) is 0 Å². The van der Waals surface area contributed by atoms with E-state index in [0.717, 1.165) is 11.0 Å². The van der Waals surface area contributed by atoms with Crippen LogP contribution in [0, 0.1) is 0 Å². The normalized spacial score (nSPS) is 10.5. The summed E-state index contributed by atoms with van der Waals surface area (Å²) in [5.74, 6) is 0. The van der Waals surface area contributed by atoms with Gasteiger partial charge >= 0.3 is 0 Å². The number of hydrogen-bond acceptors (Lipinski definition) is 5. The molecule has 0 unspecified atom stereocenters. The Morgan fingerprint density at radius 1 is 1.53 bits per heavy atom. The Kier molecular flexibility index (Phi) is 3.17. The van der Waals surface area contributed by atoms with Crippen molar-refractivity contribution < 1.29 is 4.74 Å². The van der Waals surface area contributed by atoms with Gasteiger partial charge in [0.1, 0.15) is 11.0 Å². The number of ether oxygens (including phenoxy) is 1. The zero-order valence-electron chi connectivity index (χ0n) is 8.08. The van der Waals surface area contributed by atoms with E-state index in [0.29, 0.717) is 11.0 Å². The van der Waals surface area contributed by atoms with Gasteiger partial charge in [-0.15, -0.1) is 5.10 Å². The minimum absolute atomic E-state index is 0.452. The molecule has 0 amide bonds. The lowest BCUT2D eigenvalue weighted by atomic mass is 10.3. The third-order valence-corrected chi connectivity index (χ3v) is 2.80. The maximum atomic E-state index is 5.17. The highest BCUT2D eigenvalue weighted by atomic mass is 32.2. The summed E-state index contributed by atoms with van der Waals surface area (Å²) < 4.78 is 7.28. The molecule has 78 valence electrons. The lowest BCUT2D eigenvalue weighted by molar-refractivity contribution is 0.346. The first-order valence-corrected chi connectivity index (χ1v) is 5.65. The lowest BCUT2D eigenvalue weighted by Crippen LogP contribution is -2.01. The summed E-state index contributed by atoms with van der Waals surface area (Å²) in [4.78, 5) is 0. The van der Waals surface area contributed by atoms with Gasteiger partial charge in [-0.2, -0.15) is 4.09 Å². The van der Waals surface area contributed by atoms with Crippen molar-refractivity contribution in [3.8, 4) is 0 Å². The van der Waals surface area contributed by atoms with Gasteiger partial charge < -0.3 is 4.74 Å². The van der Waals surface area contributed by atoms with Gasteiger partial charge in [-0.05, 0) is 31.3 Å². The highest BCUT2D eigenvalue weighted by Gasteiger charge is 2.06. The van der Waals surface area contributed by atoms with Gasteiger partial charge in [0.25, 0.3) is 0 Å². The van der Waals surface area contributed by atoms with Crippen LogP contribution in [0.2, 0.25) is 0 Å². The fraction of sp³-hybridized carbons (Fsp3) is 0.222. The molecule has 0 aliphatic rings. The van der Waals surface area contributed by atoms with Gasteiger partial charge in [0.05, 0.1) is 18.6 Å². The molecule has 15 heavy (non-hydrogen) atoms. The van der Waals surface area contributed by atoms with Crippen LogP contribution in [0.1, 0.15) is 6.92 Å². The summed E-state index contributed by atoms with van der Waals surface area (Å²) in [5.41, 5.74) is 1.79. The summed E-state index contributed by atoms with van der Waals surface area (Å²) in [7, 11) is 0. The van der Waals surface area contributed by atoms with E-state index in [1.165, 1.54) is 11.9 Å². The van der Waals surface area contributed by atoms with Gasteiger partial charge in [0, 0.05) is 0 Å². The Labute approximate surface area is 96.7 Å². The van der Waals surface area contributed by atoms with Gasteiger partial charge in [0.15, 0.2) is 0 Å². The average molecular weight is 239 g/mol. The molecule has 0 radical (unpaired) electrons. The Hall–Kier alpha value is -1.14. The summed E-state index contributed by atoms with van der Waals surface area (Å²) in [6.45, 7) is 2.46. The van der Waals surface area contributed by atoms with Crippen LogP contribution >= 0.6 is 24.2 Å². The third kappa shape index (κ3) is 2.27. The second-order valence-corrected chi connectivity index (χ2v) is 4.25. The number of hydrogen-bond donors (Lipinski definition) is 0. The average Bonchev–Trinajstić information content (AvgIpc) is 2.62. The molecular formula is C9H9N3OS2. The molecule has 6 heteroatoms. The van der Waals surface area contributed by atoms with Crippen molar-refractivity contribution in [2.24, 2.45) is 0 Å². The standard InChI is InChI=1S/C9H9N3OS2/c1-2-13-9(14)15-12-8-6-4-3-5-7(8)10-11-12/h3-6H,2H2,1H3. The number of aromatic nitrogens is 3. The van der Waals surface area contributed by atoms with E-state index in [1.807, 2.05) is 31.2 Å². The molecule has 1 heterocycles. The second kappa shape index (κ2) is 4.59. The fourth-order valence-electron chi connectivity index (χ4n) is 1.13. The molecule has 0 atom stereocenters. The van der Waals surface area contributed by atoms with E-state index >= 15 is 0 Å². The molecule has 2 rings (SSSR count).